The number of ether oxygens (including phenoxy) is 1. The number of hydrogen-bond acceptors (Lipinski definition) is 3. The van der Waals surface area contributed by atoms with Gasteiger partial charge in [-0.15, -0.1) is 0 Å². The normalized spacial score (nSPS) is 18.9. The fourth-order valence-electron chi connectivity index (χ4n) is 2.08. The second-order valence-corrected chi connectivity index (χ2v) is 7.06. The van der Waals surface area contributed by atoms with Crippen LogP contribution in [0.4, 0.5) is 8.78 Å². The molecule has 1 fully saturated rings. The predicted molar refractivity (Wildman–Crippen MR) is 69.7 cm³/mol. The summed E-state index contributed by atoms with van der Waals surface area (Å²) in [6.45, 7) is 3.33. The largest absolute Gasteiger partial charge is 0.381 e. The summed E-state index contributed by atoms with van der Waals surface area (Å²) in [6.07, 6.45) is 1.48. The molecule has 0 bridgehead atoms. The van der Waals surface area contributed by atoms with Gasteiger partial charge >= 0.3 is 0 Å². The first-order valence-electron chi connectivity index (χ1n) is 6.35. The summed E-state index contributed by atoms with van der Waals surface area (Å²) in [4.78, 5) is -0.533. The van der Waals surface area contributed by atoms with Gasteiger partial charge in [0.1, 0.15) is 16.5 Å². The lowest BCUT2D eigenvalue weighted by Gasteiger charge is -2.33. The smallest absolute Gasteiger partial charge is 0.243 e. The lowest BCUT2D eigenvalue weighted by atomic mass is 9.83. The number of rotatable bonds is 4. The summed E-state index contributed by atoms with van der Waals surface area (Å²) < 4.78 is 58.1. The summed E-state index contributed by atoms with van der Waals surface area (Å²) >= 11 is 0. The van der Waals surface area contributed by atoms with Crippen LogP contribution in [0.15, 0.2) is 23.1 Å². The minimum atomic E-state index is -3.98. The molecule has 112 valence electrons. The van der Waals surface area contributed by atoms with E-state index in [1.54, 1.807) is 0 Å². The van der Waals surface area contributed by atoms with Gasteiger partial charge in [-0.25, -0.2) is 21.9 Å². The Morgan fingerprint density at radius 3 is 2.55 bits per heavy atom. The van der Waals surface area contributed by atoms with Gasteiger partial charge in [-0.1, -0.05) is 6.92 Å². The third kappa shape index (κ3) is 3.53. The monoisotopic (exact) mass is 305 g/mol. The van der Waals surface area contributed by atoms with Crippen molar-refractivity contribution in [3.05, 3.63) is 29.8 Å². The highest BCUT2D eigenvalue weighted by molar-refractivity contribution is 7.89. The van der Waals surface area contributed by atoms with Crippen LogP contribution in [0.1, 0.15) is 19.8 Å². The highest BCUT2D eigenvalue weighted by Crippen LogP contribution is 2.29. The standard InChI is InChI=1S/C13H17F2NO3S/c1-13(4-6-19-7-5-13)9-16-20(17,18)12-3-2-10(14)8-11(12)15/h2-3,8,16H,4-7,9H2,1H3. The van der Waals surface area contributed by atoms with Crippen molar-refractivity contribution in [1.29, 1.82) is 0 Å². The Morgan fingerprint density at radius 2 is 1.95 bits per heavy atom. The quantitative estimate of drug-likeness (QED) is 0.926. The zero-order valence-electron chi connectivity index (χ0n) is 11.2. The van der Waals surface area contributed by atoms with E-state index in [2.05, 4.69) is 4.72 Å². The number of hydrogen-bond donors (Lipinski definition) is 1. The topological polar surface area (TPSA) is 55.4 Å². The van der Waals surface area contributed by atoms with Crippen molar-refractivity contribution in [2.45, 2.75) is 24.7 Å². The van der Waals surface area contributed by atoms with E-state index in [0.717, 1.165) is 25.0 Å². The van der Waals surface area contributed by atoms with E-state index >= 15 is 0 Å². The van der Waals surface area contributed by atoms with Crippen molar-refractivity contribution in [2.24, 2.45) is 5.41 Å². The summed E-state index contributed by atoms with van der Waals surface area (Å²) in [5.74, 6) is -1.90. The Kier molecular flexibility index (Phi) is 4.41. The van der Waals surface area contributed by atoms with Gasteiger partial charge < -0.3 is 4.74 Å². The first kappa shape index (κ1) is 15.3. The van der Waals surface area contributed by atoms with E-state index < -0.39 is 26.6 Å². The lowest BCUT2D eigenvalue weighted by Crippen LogP contribution is -2.39. The second kappa shape index (κ2) is 5.75. The maximum absolute atomic E-state index is 13.5. The van der Waals surface area contributed by atoms with Crippen molar-refractivity contribution in [3.63, 3.8) is 0 Å². The first-order valence-corrected chi connectivity index (χ1v) is 7.83. The highest BCUT2D eigenvalue weighted by atomic mass is 32.2. The van der Waals surface area contributed by atoms with Gasteiger partial charge in [0.2, 0.25) is 10.0 Å². The molecule has 1 aliphatic heterocycles. The maximum Gasteiger partial charge on any atom is 0.243 e. The van der Waals surface area contributed by atoms with Crippen LogP contribution >= 0.6 is 0 Å². The third-order valence-electron chi connectivity index (χ3n) is 3.57. The lowest BCUT2D eigenvalue weighted by molar-refractivity contribution is 0.0264. The highest BCUT2D eigenvalue weighted by Gasteiger charge is 2.30. The van der Waals surface area contributed by atoms with Crippen LogP contribution in [0.2, 0.25) is 0 Å². The molecule has 1 aromatic carbocycles. The Bertz CT molecular complexity index is 583. The average molecular weight is 305 g/mol. The molecule has 0 spiro atoms. The molecule has 0 atom stereocenters. The van der Waals surface area contributed by atoms with Gasteiger partial charge in [-0.2, -0.15) is 0 Å². The van der Waals surface area contributed by atoms with E-state index in [9.17, 15) is 17.2 Å². The van der Waals surface area contributed by atoms with Gasteiger partial charge in [0.05, 0.1) is 0 Å². The summed E-state index contributed by atoms with van der Waals surface area (Å²) in [5, 5.41) is 0. The molecule has 0 aromatic heterocycles. The Hall–Kier alpha value is -1.05. The second-order valence-electron chi connectivity index (χ2n) is 5.32. The zero-order valence-corrected chi connectivity index (χ0v) is 12.0. The van der Waals surface area contributed by atoms with Crippen molar-refractivity contribution in [3.8, 4) is 0 Å². The summed E-state index contributed by atoms with van der Waals surface area (Å²) in [6, 6.07) is 2.41. The average Bonchev–Trinajstić information content (AvgIpc) is 2.37. The Balaban J connectivity index is 2.11. The molecule has 1 N–H and O–H groups in total. The molecule has 1 aromatic rings. The number of halogens is 2. The van der Waals surface area contributed by atoms with E-state index in [1.165, 1.54) is 0 Å². The van der Waals surface area contributed by atoms with Crippen LogP contribution in [-0.2, 0) is 14.8 Å². The van der Waals surface area contributed by atoms with Crippen LogP contribution in [0.5, 0.6) is 0 Å². The van der Waals surface area contributed by atoms with Gasteiger partial charge in [0.15, 0.2) is 0 Å². The first-order chi connectivity index (χ1) is 9.32. The van der Waals surface area contributed by atoms with E-state index in [4.69, 9.17) is 4.74 Å². The van der Waals surface area contributed by atoms with E-state index in [-0.39, 0.29) is 12.0 Å². The summed E-state index contributed by atoms with van der Waals surface area (Å²) in [5.41, 5.74) is -0.207. The molecule has 20 heavy (non-hydrogen) atoms. The molecule has 1 aliphatic rings. The molecule has 0 radical (unpaired) electrons. The van der Waals surface area contributed by atoms with Crippen molar-refractivity contribution in [2.75, 3.05) is 19.8 Å². The Morgan fingerprint density at radius 1 is 1.30 bits per heavy atom. The molecule has 2 rings (SSSR count). The maximum atomic E-state index is 13.5. The molecule has 0 amide bonds. The zero-order chi connectivity index (χ0) is 14.8. The van der Waals surface area contributed by atoms with Gasteiger partial charge in [-0.05, 0) is 30.4 Å². The molecule has 0 saturated carbocycles. The number of nitrogens with one attached hydrogen (secondary N) is 1. The van der Waals surface area contributed by atoms with Crippen LogP contribution in [0.3, 0.4) is 0 Å². The minimum Gasteiger partial charge on any atom is -0.381 e. The number of sulfonamides is 1. The van der Waals surface area contributed by atoms with Gasteiger partial charge in [-0.3, -0.25) is 0 Å². The molecular weight excluding hydrogens is 288 g/mol. The molecule has 0 unspecified atom stereocenters. The molecule has 1 saturated heterocycles. The van der Waals surface area contributed by atoms with E-state index in [1.807, 2.05) is 6.92 Å². The van der Waals surface area contributed by atoms with Crippen LogP contribution in [0, 0.1) is 17.0 Å². The fraction of sp³-hybridized carbons (Fsp3) is 0.538. The molecule has 7 heteroatoms. The van der Waals surface area contributed by atoms with Gasteiger partial charge in [0.25, 0.3) is 0 Å². The van der Waals surface area contributed by atoms with Crippen molar-refractivity contribution >= 4 is 10.0 Å². The van der Waals surface area contributed by atoms with Gasteiger partial charge in [0, 0.05) is 25.8 Å². The van der Waals surface area contributed by atoms with Crippen molar-refractivity contribution in [1.82, 2.24) is 4.72 Å². The van der Waals surface area contributed by atoms with Crippen LogP contribution in [-0.4, -0.2) is 28.2 Å². The fourth-order valence-corrected chi connectivity index (χ4v) is 3.34. The van der Waals surface area contributed by atoms with E-state index in [0.29, 0.717) is 19.3 Å². The molecule has 0 aliphatic carbocycles. The Labute approximate surface area is 117 Å². The molecule has 4 nitrogen and oxygen atoms in total. The van der Waals surface area contributed by atoms with Crippen molar-refractivity contribution < 1.29 is 21.9 Å². The minimum absolute atomic E-state index is 0.204. The summed E-state index contributed by atoms with van der Waals surface area (Å²) in [7, 11) is -3.98. The molecular formula is C13H17F2NO3S. The SMILES string of the molecule is CC1(CNS(=O)(=O)c2ccc(F)cc2F)CCOCC1. The predicted octanol–water partition coefficient (Wildman–Crippen LogP) is 2.06. The number of benzene rings is 1. The van der Waals surface area contributed by atoms with Crippen LogP contribution in [0.25, 0.3) is 0 Å². The van der Waals surface area contributed by atoms with Crippen LogP contribution < -0.4 is 4.72 Å². The molecule has 1 heterocycles. The third-order valence-corrected chi connectivity index (χ3v) is 5.01.